The molecule has 2 aliphatic heterocycles. The molecular weight excluding hydrogens is 342 g/mol. The summed E-state index contributed by atoms with van der Waals surface area (Å²) in [6.07, 6.45) is 3.28. The molecule has 3 heterocycles. The number of nitrogens with one attached hydrogen (secondary N) is 1. The van der Waals surface area contributed by atoms with Crippen molar-refractivity contribution in [1.29, 1.82) is 0 Å². The number of rotatable bonds is 7. The molecule has 0 radical (unpaired) electrons. The van der Waals surface area contributed by atoms with Crippen LogP contribution in [0.2, 0.25) is 0 Å². The van der Waals surface area contributed by atoms with Crippen LogP contribution in [-0.2, 0) is 16.1 Å². The molecule has 0 saturated carbocycles. The fourth-order valence-corrected chi connectivity index (χ4v) is 4.02. The smallest absolute Gasteiger partial charge is 0.240 e. The molecule has 27 heavy (non-hydrogen) atoms. The minimum atomic E-state index is -0.484. The monoisotopic (exact) mass is 369 g/mol. The van der Waals surface area contributed by atoms with Gasteiger partial charge in [-0.3, -0.25) is 14.5 Å². The fraction of sp³-hybridized carbons (Fsp3) is 0.524. The summed E-state index contributed by atoms with van der Waals surface area (Å²) in [6, 6.07) is 10.0. The molecule has 6 heteroatoms. The molecule has 1 unspecified atom stereocenters. The highest BCUT2D eigenvalue weighted by Crippen LogP contribution is 2.33. The highest BCUT2D eigenvalue weighted by atomic mass is 16.3. The van der Waals surface area contributed by atoms with Gasteiger partial charge in [0, 0.05) is 38.0 Å². The van der Waals surface area contributed by atoms with E-state index in [1.165, 1.54) is 0 Å². The molecule has 144 valence electrons. The number of carbonyl (C=O) groups is 2. The molecule has 1 aromatic heterocycles. The Labute approximate surface area is 159 Å². The largest absolute Gasteiger partial charge is 0.460 e. The number of furan rings is 1. The molecular formula is C21H27N3O3. The van der Waals surface area contributed by atoms with Crippen LogP contribution < -0.4 is 5.32 Å². The number of hydrogen-bond acceptors (Lipinski definition) is 4. The third-order valence-corrected chi connectivity index (χ3v) is 5.94. The van der Waals surface area contributed by atoms with Crippen molar-refractivity contribution >= 4 is 22.8 Å². The zero-order valence-corrected chi connectivity index (χ0v) is 15.9. The van der Waals surface area contributed by atoms with Gasteiger partial charge in [0.1, 0.15) is 11.3 Å². The Morgan fingerprint density at radius 3 is 2.85 bits per heavy atom. The van der Waals surface area contributed by atoms with E-state index >= 15 is 0 Å². The van der Waals surface area contributed by atoms with Crippen LogP contribution in [0.25, 0.3) is 11.0 Å². The quantitative estimate of drug-likeness (QED) is 0.762. The van der Waals surface area contributed by atoms with Crippen LogP contribution in [0.4, 0.5) is 0 Å². The second kappa shape index (κ2) is 7.35. The number of fused-ring (bicyclic) bond motifs is 1. The van der Waals surface area contributed by atoms with Gasteiger partial charge in [0.15, 0.2) is 0 Å². The van der Waals surface area contributed by atoms with Crippen LogP contribution in [0.3, 0.4) is 0 Å². The SMILES string of the molecule is CC1(C(=O)NCCCN2CCCC2=O)CCN1Cc1cc2ccccc2o1. The Morgan fingerprint density at radius 1 is 1.30 bits per heavy atom. The normalized spacial score (nSPS) is 23.0. The summed E-state index contributed by atoms with van der Waals surface area (Å²) in [5, 5.41) is 4.15. The molecule has 0 spiro atoms. The van der Waals surface area contributed by atoms with Crippen molar-refractivity contribution < 1.29 is 14.0 Å². The van der Waals surface area contributed by atoms with Gasteiger partial charge in [-0.15, -0.1) is 0 Å². The number of amides is 2. The average Bonchev–Trinajstić information content (AvgIpc) is 3.27. The van der Waals surface area contributed by atoms with Crippen LogP contribution in [0.5, 0.6) is 0 Å². The highest BCUT2D eigenvalue weighted by Gasteiger charge is 2.46. The summed E-state index contributed by atoms with van der Waals surface area (Å²) < 4.78 is 5.90. The summed E-state index contributed by atoms with van der Waals surface area (Å²) in [5.41, 5.74) is 0.401. The van der Waals surface area contributed by atoms with E-state index in [1.807, 2.05) is 36.1 Å². The molecule has 0 aliphatic carbocycles. The maximum Gasteiger partial charge on any atom is 0.240 e. The molecule has 1 atom stereocenters. The van der Waals surface area contributed by atoms with Gasteiger partial charge >= 0.3 is 0 Å². The molecule has 2 fully saturated rings. The molecule has 2 aliphatic rings. The Balaban J connectivity index is 1.28. The van der Waals surface area contributed by atoms with Gasteiger partial charge < -0.3 is 14.6 Å². The van der Waals surface area contributed by atoms with E-state index in [1.54, 1.807) is 0 Å². The molecule has 2 saturated heterocycles. The van der Waals surface area contributed by atoms with Crippen molar-refractivity contribution in [2.75, 3.05) is 26.2 Å². The van der Waals surface area contributed by atoms with Crippen LogP contribution >= 0.6 is 0 Å². The predicted octanol–water partition coefficient (Wildman–Crippen LogP) is 2.53. The van der Waals surface area contributed by atoms with Gasteiger partial charge in [0.25, 0.3) is 0 Å². The molecule has 1 N–H and O–H groups in total. The van der Waals surface area contributed by atoms with E-state index in [-0.39, 0.29) is 11.8 Å². The lowest BCUT2D eigenvalue weighted by Crippen LogP contribution is -2.65. The molecule has 1 aromatic carbocycles. The zero-order valence-electron chi connectivity index (χ0n) is 15.9. The van der Waals surface area contributed by atoms with E-state index in [0.717, 1.165) is 55.6 Å². The minimum absolute atomic E-state index is 0.0672. The lowest BCUT2D eigenvalue weighted by Gasteiger charge is -2.48. The lowest BCUT2D eigenvalue weighted by molar-refractivity contribution is -0.142. The van der Waals surface area contributed by atoms with Gasteiger partial charge in [-0.2, -0.15) is 0 Å². The van der Waals surface area contributed by atoms with Crippen molar-refractivity contribution in [2.24, 2.45) is 0 Å². The van der Waals surface area contributed by atoms with E-state index in [0.29, 0.717) is 19.5 Å². The maximum atomic E-state index is 12.7. The summed E-state index contributed by atoms with van der Waals surface area (Å²) in [4.78, 5) is 28.4. The standard InChI is InChI=1S/C21H27N3O3/c1-21(20(26)22-10-5-12-23-11-4-8-19(23)25)9-13-24(21)15-17-14-16-6-2-3-7-18(16)27-17/h2-3,6-7,14H,4-5,8-13,15H2,1H3,(H,22,26). The maximum absolute atomic E-state index is 12.7. The first kappa shape index (κ1) is 18.0. The van der Waals surface area contributed by atoms with E-state index in [2.05, 4.69) is 16.3 Å². The van der Waals surface area contributed by atoms with Crippen molar-refractivity contribution in [2.45, 2.75) is 44.7 Å². The Bertz CT molecular complexity index is 813. The Morgan fingerprint density at radius 2 is 2.15 bits per heavy atom. The van der Waals surface area contributed by atoms with Gasteiger partial charge in [0.05, 0.1) is 12.1 Å². The van der Waals surface area contributed by atoms with Crippen molar-refractivity contribution in [3.8, 4) is 0 Å². The lowest BCUT2D eigenvalue weighted by atomic mass is 9.85. The van der Waals surface area contributed by atoms with E-state index < -0.39 is 5.54 Å². The third-order valence-electron chi connectivity index (χ3n) is 5.94. The molecule has 4 rings (SSSR count). The Kier molecular flexibility index (Phi) is 4.91. The molecule has 2 amide bonds. The molecule has 0 bridgehead atoms. The number of para-hydroxylation sites is 1. The molecule has 2 aromatic rings. The number of benzene rings is 1. The van der Waals surface area contributed by atoms with Gasteiger partial charge in [-0.25, -0.2) is 0 Å². The van der Waals surface area contributed by atoms with Crippen molar-refractivity contribution in [1.82, 2.24) is 15.1 Å². The summed E-state index contributed by atoms with van der Waals surface area (Å²) in [7, 11) is 0. The minimum Gasteiger partial charge on any atom is -0.460 e. The van der Waals surface area contributed by atoms with Crippen LogP contribution in [-0.4, -0.2) is 53.3 Å². The van der Waals surface area contributed by atoms with Crippen LogP contribution in [0.15, 0.2) is 34.7 Å². The summed E-state index contributed by atoms with van der Waals surface area (Å²) >= 11 is 0. The zero-order chi connectivity index (χ0) is 18.9. The predicted molar refractivity (Wildman–Crippen MR) is 103 cm³/mol. The van der Waals surface area contributed by atoms with Crippen molar-refractivity contribution in [3.63, 3.8) is 0 Å². The van der Waals surface area contributed by atoms with Gasteiger partial charge in [-0.1, -0.05) is 18.2 Å². The Hall–Kier alpha value is -2.34. The molecule has 6 nitrogen and oxygen atoms in total. The second-order valence-electron chi connectivity index (χ2n) is 7.79. The van der Waals surface area contributed by atoms with Gasteiger partial charge in [-0.05, 0) is 38.3 Å². The number of carbonyl (C=O) groups excluding carboxylic acids is 2. The fourth-order valence-electron chi connectivity index (χ4n) is 4.02. The number of likely N-dealkylation sites (tertiary alicyclic amines) is 2. The number of hydrogen-bond donors (Lipinski definition) is 1. The van der Waals surface area contributed by atoms with E-state index in [9.17, 15) is 9.59 Å². The van der Waals surface area contributed by atoms with Crippen LogP contribution in [0, 0.1) is 0 Å². The van der Waals surface area contributed by atoms with Crippen molar-refractivity contribution in [3.05, 3.63) is 36.1 Å². The highest BCUT2D eigenvalue weighted by molar-refractivity contribution is 5.87. The average molecular weight is 369 g/mol. The first-order valence-electron chi connectivity index (χ1n) is 9.85. The van der Waals surface area contributed by atoms with E-state index in [4.69, 9.17) is 4.42 Å². The number of nitrogens with zero attached hydrogens (tertiary/aromatic N) is 2. The third kappa shape index (κ3) is 3.58. The van der Waals surface area contributed by atoms with Gasteiger partial charge in [0.2, 0.25) is 11.8 Å². The van der Waals surface area contributed by atoms with Crippen LogP contribution in [0.1, 0.15) is 38.4 Å². The first-order chi connectivity index (χ1) is 13.1. The summed E-state index contributed by atoms with van der Waals surface area (Å²) in [5.74, 6) is 1.20. The topological polar surface area (TPSA) is 65.8 Å². The second-order valence-corrected chi connectivity index (χ2v) is 7.79. The first-order valence-corrected chi connectivity index (χ1v) is 9.85. The summed E-state index contributed by atoms with van der Waals surface area (Å²) in [6.45, 7) is 5.73.